The predicted molar refractivity (Wildman–Crippen MR) is 54.5 cm³/mol. The molecule has 0 radical (unpaired) electrons. The lowest BCUT2D eigenvalue weighted by Crippen LogP contribution is -2.11. The van der Waals surface area contributed by atoms with Gasteiger partial charge in [0.2, 0.25) is 0 Å². The Morgan fingerprint density at radius 2 is 2.29 bits per heavy atom. The minimum absolute atomic E-state index is 0. The molecule has 1 rings (SSSR count). The normalized spacial score (nSPS) is 9.86. The Bertz CT molecular complexity index is 220. The summed E-state index contributed by atoms with van der Waals surface area (Å²) in [7, 11) is 1.89. The number of halogens is 1. The van der Waals surface area contributed by atoms with Crippen LogP contribution in [0.15, 0.2) is 4.52 Å². The molecule has 6 heteroatoms. The van der Waals surface area contributed by atoms with E-state index in [-0.39, 0.29) is 12.4 Å². The van der Waals surface area contributed by atoms with E-state index in [1.54, 1.807) is 0 Å². The van der Waals surface area contributed by atoms with Crippen molar-refractivity contribution in [2.75, 3.05) is 20.2 Å². The zero-order valence-corrected chi connectivity index (χ0v) is 9.26. The summed E-state index contributed by atoms with van der Waals surface area (Å²) in [5, 5.41) is 6.82. The average Bonchev–Trinajstić information content (AvgIpc) is 2.59. The predicted octanol–water partition coefficient (Wildman–Crippen LogP) is 0.790. The summed E-state index contributed by atoms with van der Waals surface area (Å²) < 4.78 is 10.1. The van der Waals surface area contributed by atoms with Gasteiger partial charge in [0, 0.05) is 19.6 Å². The number of nitrogens with one attached hydrogen (secondary N) is 1. The van der Waals surface area contributed by atoms with Crippen LogP contribution in [-0.4, -0.2) is 30.3 Å². The van der Waals surface area contributed by atoms with E-state index in [1.165, 1.54) is 0 Å². The van der Waals surface area contributed by atoms with Gasteiger partial charge in [0.1, 0.15) is 6.61 Å². The highest BCUT2D eigenvalue weighted by Crippen LogP contribution is 1.99. The van der Waals surface area contributed by atoms with E-state index < -0.39 is 0 Å². The highest BCUT2D eigenvalue weighted by atomic mass is 35.5. The Morgan fingerprint density at radius 1 is 1.50 bits per heavy atom. The van der Waals surface area contributed by atoms with Gasteiger partial charge in [-0.15, -0.1) is 12.4 Å². The van der Waals surface area contributed by atoms with Crippen molar-refractivity contribution < 1.29 is 9.26 Å². The Labute approximate surface area is 89.6 Å². The van der Waals surface area contributed by atoms with Gasteiger partial charge in [-0.05, 0) is 14.0 Å². The molecule has 0 bridgehead atoms. The van der Waals surface area contributed by atoms with Gasteiger partial charge in [-0.2, -0.15) is 4.98 Å². The summed E-state index contributed by atoms with van der Waals surface area (Å²) in [5.41, 5.74) is 0. The molecule has 0 aliphatic carbocycles. The first kappa shape index (κ1) is 13.4. The second-order valence-corrected chi connectivity index (χ2v) is 2.60. The van der Waals surface area contributed by atoms with Crippen molar-refractivity contribution >= 4 is 12.4 Å². The summed E-state index contributed by atoms with van der Waals surface area (Å²) in [5.74, 6) is 1.28. The van der Waals surface area contributed by atoms with Gasteiger partial charge in [-0.3, -0.25) is 0 Å². The van der Waals surface area contributed by atoms with Crippen molar-refractivity contribution in [3.63, 3.8) is 0 Å². The lowest BCUT2D eigenvalue weighted by Gasteiger charge is -1.92. The smallest absolute Gasteiger partial charge is 0.252 e. The molecule has 1 N–H and O–H groups in total. The summed E-state index contributed by atoms with van der Waals surface area (Å²) >= 11 is 0. The molecule has 0 atom stereocenters. The molecule has 5 nitrogen and oxygen atoms in total. The molecule has 0 fully saturated rings. The molecule has 0 aliphatic heterocycles. The molecule has 0 aliphatic rings. The maximum atomic E-state index is 5.13. The van der Waals surface area contributed by atoms with Gasteiger partial charge in [0.15, 0.2) is 5.82 Å². The van der Waals surface area contributed by atoms with Crippen LogP contribution in [0.25, 0.3) is 0 Å². The lowest BCUT2D eigenvalue weighted by atomic mass is 10.4. The van der Waals surface area contributed by atoms with Crippen LogP contribution in [0.3, 0.4) is 0 Å². The molecule has 14 heavy (non-hydrogen) atoms. The van der Waals surface area contributed by atoms with Crippen LogP contribution in [0.2, 0.25) is 0 Å². The van der Waals surface area contributed by atoms with Crippen molar-refractivity contribution in [1.82, 2.24) is 15.5 Å². The summed E-state index contributed by atoms with van der Waals surface area (Å²) in [6, 6.07) is 0. The second kappa shape index (κ2) is 7.73. The van der Waals surface area contributed by atoms with E-state index in [1.807, 2.05) is 14.0 Å². The lowest BCUT2D eigenvalue weighted by molar-refractivity contribution is 0.109. The molecule has 0 spiro atoms. The van der Waals surface area contributed by atoms with Crippen molar-refractivity contribution in [3.8, 4) is 0 Å². The largest absolute Gasteiger partial charge is 0.372 e. The number of ether oxygens (including phenoxy) is 1. The minimum atomic E-state index is 0. The fourth-order valence-electron chi connectivity index (χ4n) is 0.876. The zero-order chi connectivity index (χ0) is 9.52. The van der Waals surface area contributed by atoms with Crippen LogP contribution >= 0.6 is 12.4 Å². The van der Waals surface area contributed by atoms with Crippen LogP contribution in [0, 0.1) is 0 Å². The molecule has 0 amide bonds. The molecule has 82 valence electrons. The molecule has 1 heterocycles. The van der Waals surface area contributed by atoms with Gasteiger partial charge < -0.3 is 14.6 Å². The monoisotopic (exact) mass is 221 g/mol. The molecule has 1 aromatic rings. The summed E-state index contributed by atoms with van der Waals surface area (Å²) in [6.07, 6.45) is 0.784. The number of likely N-dealkylation sites (N-methyl/N-ethyl adjacent to an activating group) is 1. The first-order chi connectivity index (χ1) is 6.36. The van der Waals surface area contributed by atoms with E-state index in [9.17, 15) is 0 Å². The van der Waals surface area contributed by atoms with Gasteiger partial charge >= 0.3 is 0 Å². The number of nitrogens with zero attached hydrogens (tertiary/aromatic N) is 2. The van der Waals surface area contributed by atoms with E-state index in [4.69, 9.17) is 9.26 Å². The van der Waals surface area contributed by atoms with E-state index in [0.29, 0.717) is 19.1 Å². The standard InChI is InChI=1S/C8H15N3O2.ClH/c1-3-12-6-8-10-7(11-13-8)4-5-9-2;/h9H,3-6H2,1-2H3;1H. The molecule has 0 saturated heterocycles. The molecular weight excluding hydrogens is 206 g/mol. The SMILES string of the molecule is CCOCc1nc(CCNC)no1.Cl. The molecule has 0 saturated carbocycles. The van der Waals surface area contributed by atoms with Crippen LogP contribution in [-0.2, 0) is 17.8 Å². The Morgan fingerprint density at radius 3 is 2.93 bits per heavy atom. The van der Waals surface area contributed by atoms with Crippen molar-refractivity contribution in [2.24, 2.45) is 0 Å². The Kier molecular flexibility index (Phi) is 7.37. The fourth-order valence-corrected chi connectivity index (χ4v) is 0.876. The summed E-state index contributed by atoms with van der Waals surface area (Å²) in [6.45, 7) is 3.85. The molecular formula is C8H16ClN3O2. The third-order valence-electron chi connectivity index (χ3n) is 1.54. The van der Waals surface area contributed by atoms with Gasteiger partial charge in [0.05, 0.1) is 0 Å². The van der Waals surface area contributed by atoms with Crippen molar-refractivity contribution in [2.45, 2.75) is 20.0 Å². The van der Waals surface area contributed by atoms with Crippen LogP contribution < -0.4 is 5.32 Å². The number of aromatic nitrogens is 2. The number of hydrogen-bond donors (Lipinski definition) is 1. The van der Waals surface area contributed by atoms with Gasteiger partial charge in [-0.1, -0.05) is 5.16 Å². The first-order valence-electron chi connectivity index (χ1n) is 4.40. The maximum Gasteiger partial charge on any atom is 0.252 e. The Balaban J connectivity index is 0.00000169. The maximum absolute atomic E-state index is 5.13. The van der Waals surface area contributed by atoms with Crippen molar-refractivity contribution in [3.05, 3.63) is 11.7 Å². The van der Waals surface area contributed by atoms with E-state index in [0.717, 1.165) is 18.8 Å². The molecule has 1 aromatic heterocycles. The average molecular weight is 222 g/mol. The second-order valence-electron chi connectivity index (χ2n) is 2.60. The number of rotatable bonds is 6. The third kappa shape index (κ3) is 4.55. The summed E-state index contributed by atoms with van der Waals surface area (Å²) in [4.78, 5) is 4.14. The van der Waals surface area contributed by atoms with E-state index in [2.05, 4.69) is 15.5 Å². The van der Waals surface area contributed by atoms with Crippen LogP contribution in [0.5, 0.6) is 0 Å². The number of hydrogen-bond acceptors (Lipinski definition) is 5. The fraction of sp³-hybridized carbons (Fsp3) is 0.750. The van der Waals surface area contributed by atoms with Crippen LogP contribution in [0.1, 0.15) is 18.6 Å². The van der Waals surface area contributed by atoms with Gasteiger partial charge in [-0.25, -0.2) is 0 Å². The first-order valence-corrected chi connectivity index (χ1v) is 4.40. The highest BCUT2D eigenvalue weighted by Gasteiger charge is 2.04. The zero-order valence-electron chi connectivity index (χ0n) is 8.45. The quantitative estimate of drug-likeness (QED) is 0.770. The van der Waals surface area contributed by atoms with Gasteiger partial charge in [0.25, 0.3) is 5.89 Å². The topological polar surface area (TPSA) is 60.2 Å². The Hall–Kier alpha value is -0.650. The van der Waals surface area contributed by atoms with Crippen molar-refractivity contribution in [1.29, 1.82) is 0 Å². The van der Waals surface area contributed by atoms with Crippen LogP contribution in [0.4, 0.5) is 0 Å². The minimum Gasteiger partial charge on any atom is -0.372 e. The van der Waals surface area contributed by atoms with E-state index >= 15 is 0 Å². The third-order valence-corrected chi connectivity index (χ3v) is 1.54. The highest BCUT2D eigenvalue weighted by molar-refractivity contribution is 5.85. The molecule has 0 unspecified atom stereocenters. The molecule has 0 aromatic carbocycles.